The van der Waals surface area contributed by atoms with Crippen molar-refractivity contribution in [3.05, 3.63) is 47.5 Å². The molecule has 0 radical (unpaired) electrons. The average Bonchev–Trinajstić information content (AvgIpc) is 3.49. The Balaban J connectivity index is 2.14. The summed E-state index contributed by atoms with van der Waals surface area (Å²) in [5.41, 5.74) is -2.29. The fraction of sp³-hybridized carbons (Fsp3) is 0.391. The van der Waals surface area contributed by atoms with Gasteiger partial charge in [0.1, 0.15) is 17.7 Å². The molecule has 170 valence electrons. The molecule has 3 atom stereocenters. The van der Waals surface area contributed by atoms with E-state index < -0.39 is 54.8 Å². The Morgan fingerprint density at radius 3 is 2.44 bits per heavy atom. The van der Waals surface area contributed by atoms with Crippen molar-refractivity contribution in [2.24, 2.45) is 0 Å². The Labute approximate surface area is 182 Å². The maximum Gasteiger partial charge on any atom is 0.418 e. The van der Waals surface area contributed by atoms with Crippen LogP contribution in [-0.2, 0) is 4.79 Å². The number of alkyl halides is 3. The first-order valence-corrected chi connectivity index (χ1v) is 10.1. The Kier molecular flexibility index (Phi) is 6.88. The molecule has 0 amide bonds. The van der Waals surface area contributed by atoms with Crippen LogP contribution in [0.3, 0.4) is 0 Å². The fourth-order valence-corrected chi connectivity index (χ4v) is 3.72. The van der Waals surface area contributed by atoms with Gasteiger partial charge in [0.25, 0.3) is 0 Å². The molecular weight excluding hydrogens is 425 g/mol. The van der Waals surface area contributed by atoms with E-state index in [2.05, 4.69) is 0 Å². The van der Waals surface area contributed by atoms with Crippen molar-refractivity contribution in [3.63, 3.8) is 0 Å². The molecule has 1 aliphatic rings. The predicted octanol–water partition coefficient (Wildman–Crippen LogP) is 2.95. The van der Waals surface area contributed by atoms with E-state index in [4.69, 9.17) is 5.11 Å². The van der Waals surface area contributed by atoms with E-state index in [9.17, 15) is 33.4 Å². The summed E-state index contributed by atoms with van der Waals surface area (Å²) in [5.74, 6) is -1.10. The zero-order valence-electron chi connectivity index (χ0n) is 17.3. The SMILES string of the molecule is CC1CN1c1c(/C(=C(\C#N)C(=O)CCC(O)C(O)CO)C(F)(F)F)ccc2ccccc12. The number of carbonyl (C=O) groups is 1. The third-order valence-corrected chi connectivity index (χ3v) is 5.54. The second-order valence-corrected chi connectivity index (χ2v) is 7.82. The summed E-state index contributed by atoms with van der Waals surface area (Å²) in [5, 5.41) is 38.8. The molecular formula is C23H23F3N2O4. The smallest absolute Gasteiger partial charge is 0.394 e. The van der Waals surface area contributed by atoms with Gasteiger partial charge in [-0.05, 0) is 18.7 Å². The van der Waals surface area contributed by atoms with Crippen molar-refractivity contribution >= 4 is 27.8 Å². The van der Waals surface area contributed by atoms with E-state index in [1.807, 2.05) is 6.92 Å². The van der Waals surface area contributed by atoms with Crippen molar-refractivity contribution in [2.75, 3.05) is 18.1 Å². The Morgan fingerprint density at radius 2 is 1.88 bits per heavy atom. The number of aliphatic hydroxyl groups is 3. The normalized spacial score (nSPS) is 18.7. The number of anilines is 1. The van der Waals surface area contributed by atoms with Gasteiger partial charge in [-0.2, -0.15) is 18.4 Å². The number of allylic oxidation sites excluding steroid dienone is 2. The molecule has 0 bridgehead atoms. The van der Waals surface area contributed by atoms with Crippen LogP contribution in [0, 0.1) is 11.3 Å². The van der Waals surface area contributed by atoms with Gasteiger partial charge in [0.2, 0.25) is 0 Å². The van der Waals surface area contributed by atoms with Crippen LogP contribution in [0.25, 0.3) is 16.3 Å². The van der Waals surface area contributed by atoms with Gasteiger partial charge in [-0.25, -0.2) is 0 Å². The number of hydrogen-bond donors (Lipinski definition) is 3. The van der Waals surface area contributed by atoms with E-state index >= 15 is 0 Å². The molecule has 1 heterocycles. The van der Waals surface area contributed by atoms with Crippen LogP contribution >= 0.6 is 0 Å². The number of nitrogens with zero attached hydrogens (tertiary/aromatic N) is 2. The molecule has 0 saturated carbocycles. The van der Waals surface area contributed by atoms with E-state index in [1.54, 1.807) is 29.2 Å². The number of aliphatic hydroxyl groups excluding tert-OH is 3. The topological polar surface area (TPSA) is 105 Å². The number of carbonyl (C=O) groups excluding carboxylic acids is 1. The van der Waals surface area contributed by atoms with Gasteiger partial charge in [-0.3, -0.25) is 4.79 Å². The number of rotatable bonds is 8. The van der Waals surface area contributed by atoms with Crippen molar-refractivity contribution in [3.8, 4) is 6.07 Å². The highest BCUT2D eigenvalue weighted by atomic mass is 19.4. The number of benzene rings is 2. The van der Waals surface area contributed by atoms with Gasteiger partial charge in [0, 0.05) is 30.0 Å². The van der Waals surface area contributed by atoms with Crippen LogP contribution in [0.15, 0.2) is 42.0 Å². The monoisotopic (exact) mass is 448 g/mol. The average molecular weight is 448 g/mol. The maximum absolute atomic E-state index is 14.2. The highest BCUT2D eigenvalue weighted by Crippen LogP contribution is 2.46. The number of nitriles is 1. The molecule has 2 aromatic carbocycles. The van der Waals surface area contributed by atoms with E-state index in [0.29, 0.717) is 17.6 Å². The van der Waals surface area contributed by atoms with E-state index in [-0.39, 0.29) is 11.6 Å². The highest BCUT2D eigenvalue weighted by molar-refractivity contribution is 6.10. The third-order valence-electron chi connectivity index (χ3n) is 5.54. The van der Waals surface area contributed by atoms with Gasteiger partial charge in [-0.1, -0.05) is 36.4 Å². The largest absolute Gasteiger partial charge is 0.418 e. The van der Waals surface area contributed by atoms with Crippen molar-refractivity contribution in [1.82, 2.24) is 0 Å². The number of halogens is 3. The number of fused-ring (bicyclic) bond motifs is 1. The van der Waals surface area contributed by atoms with Crippen LogP contribution in [0.2, 0.25) is 0 Å². The van der Waals surface area contributed by atoms with Gasteiger partial charge in [-0.15, -0.1) is 0 Å². The molecule has 0 spiro atoms. The lowest BCUT2D eigenvalue weighted by atomic mass is 9.91. The molecule has 0 aromatic heterocycles. The zero-order valence-corrected chi connectivity index (χ0v) is 17.3. The molecule has 1 aliphatic heterocycles. The quantitative estimate of drug-likeness (QED) is 0.326. The molecule has 2 aromatic rings. The molecule has 3 unspecified atom stereocenters. The number of Topliss-reactive ketones (excluding diaryl/α,β-unsaturated/α-hetero) is 1. The lowest BCUT2D eigenvalue weighted by Gasteiger charge is -2.21. The van der Waals surface area contributed by atoms with Gasteiger partial charge < -0.3 is 20.2 Å². The minimum atomic E-state index is -4.99. The van der Waals surface area contributed by atoms with E-state index in [0.717, 1.165) is 5.39 Å². The standard InChI is InChI=1S/C23H23F3N2O4/c1-13-11-28(13)22-15-5-3-2-4-14(15)6-7-16(22)21(23(24,25)26)17(10-27)18(30)8-9-19(31)20(32)12-29/h2-7,13,19-20,29,31-32H,8-9,11-12H2,1H3/b21-17-. The number of hydrogen-bond acceptors (Lipinski definition) is 6. The molecule has 1 saturated heterocycles. The van der Waals surface area contributed by atoms with Crippen molar-refractivity contribution in [2.45, 2.75) is 44.2 Å². The van der Waals surface area contributed by atoms with Crippen LogP contribution in [0.5, 0.6) is 0 Å². The zero-order chi connectivity index (χ0) is 23.6. The summed E-state index contributed by atoms with van der Waals surface area (Å²) >= 11 is 0. The summed E-state index contributed by atoms with van der Waals surface area (Å²) in [7, 11) is 0. The number of ketones is 1. The van der Waals surface area contributed by atoms with Crippen LogP contribution < -0.4 is 4.90 Å². The Bertz CT molecular complexity index is 1090. The van der Waals surface area contributed by atoms with Gasteiger partial charge in [0.05, 0.1) is 24.0 Å². The molecule has 3 N–H and O–H groups in total. The first-order chi connectivity index (χ1) is 15.1. The van der Waals surface area contributed by atoms with Crippen LogP contribution in [0.4, 0.5) is 18.9 Å². The van der Waals surface area contributed by atoms with Gasteiger partial charge >= 0.3 is 6.18 Å². The van der Waals surface area contributed by atoms with Gasteiger partial charge in [0.15, 0.2) is 5.78 Å². The lowest BCUT2D eigenvalue weighted by molar-refractivity contribution is -0.116. The van der Waals surface area contributed by atoms with Crippen LogP contribution in [0.1, 0.15) is 25.3 Å². The molecule has 0 aliphatic carbocycles. The molecule has 9 heteroatoms. The third kappa shape index (κ3) is 4.78. The Morgan fingerprint density at radius 1 is 1.22 bits per heavy atom. The second-order valence-electron chi connectivity index (χ2n) is 7.82. The first kappa shape index (κ1) is 23.7. The van der Waals surface area contributed by atoms with Crippen LogP contribution in [-0.4, -0.2) is 58.7 Å². The fourth-order valence-electron chi connectivity index (χ4n) is 3.72. The minimum absolute atomic E-state index is 0.0189. The molecule has 1 fully saturated rings. The maximum atomic E-state index is 14.2. The summed E-state index contributed by atoms with van der Waals surface area (Å²) in [6, 6.07) is 11.2. The Hall–Kier alpha value is -2.93. The predicted molar refractivity (Wildman–Crippen MR) is 113 cm³/mol. The summed E-state index contributed by atoms with van der Waals surface area (Å²) < 4.78 is 42.7. The summed E-state index contributed by atoms with van der Waals surface area (Å²) in [6.07, 6.45) is -9.02. The summed E-state index contributed by atoms with van der Waals surface area (Å²) in [6.45, 7) is 1.65. The molecule has 3 rings (SSSR count). The van der Waals surface area contributed by atoms with E-state index in [1.165, 1.54) is 18.2 Å². The lowest BCUT2D eigenvalue weighted by Crippen LogP contribution is -2.30. The minimum Gasteiger partial charge on any atom is -0.394 e. The summed E-state index contributed by atoms with van der Waals surface area (Å²) in [4.78, 5) is 14.4. The van der Waals surface area contributed by atoms with Crippen molar-refractivity contribution in [1.29, 1.82) is 5.26 Å². The van der Waals surface area contributed by atoms with Crippen molar-refractivity contribution < 1.29 is 33.3 Å². The second kappa shape index (κ2) is 9.28. The highest BCUT2D eigenvalue weighted by Gasteiger charge is 2.43. The molecule has 6 nitrogen and oxygen atoms in total. The molecule has 32 heavy (non-hydrogen) atoms. The first-order valence-electron chi connectivity index (χ1n) is 10.1.